The summed E-state index contributed by atoms with van der Waals surface area (Å²) in [7, 11) is 1.88. The van der Waals surface area contributed by atoms with E-state index in [1.54, 1.807) is 0 Å². The molecular weight excluding hydrogens is 186 g/mol. The van der Waals surface area contributed by atoms with E-state index < -0.39 is 6.09 Å². The van der Waals surface area contributed by atoms with E-state index in [2.05, 4.69) is 10.6 Å². The van der Waals surface area contributed by atoms with E-state index in [0.29, 0.717) is 19.5 Å². The molecule has 0 aromatic carbocycles. The molecule has 1 aliphatic heterocycles. The maximum atomic E-state index is 11.2. The summed E-state index contributed by atoms with van der Waals surface area (Å²) in [6, 6.07) is -0.0476. The second kappa shape index (κ2) is 4.80. The van der Waals surface area contributed by atoms with Crippen LogP contribution in [0.5, 0.6) is 0 Å². The largest absolute Gasteiger partial charge is 0.465 e. The van der Waals surface area contributed by atoms with Crippen molar-refractivity contribution in [3.8, 4) is 0 Å². The normalized spacial score (nSPS) is 23.8. The molecule has 0 spiro atoms. The molecule has 1 saturated heterocycles. The monoisotopic (exact) mass is 201 g/mol. The summed E-state index contributed by atoms with van der Waals surface area (Å²) in [4.78, 5) is 23.4. The van der Waals surface area contributed by atoms with Crippen LogP contribution in [0.1, 0.15) is 6.42 Å². The van der Waals surface area contributed by atoms with E-state index in [0.717, 1.165) is 6.54 Å². The van der Waals surface area contributed by atoms with Crippen molar-refractivity contribution in [1.82, 2.24) is 15.5 Å². The Morgan fingerprint density at radius 3 is 3.14 bits per heavy atom. The zero-order chi connectivity index (χ0) is 10.6. The van der Waals surface area contributed by atoms with Crippen LogP contribution in [0.4, 0.5) is 4.79 Å². The summed E-state index contributed by atoms with van der Waals surface area (Å²) in [5.41, 5.74) is 0. The zero-order valence-electron chi connectivity index (χ0n) is 8.12. The van der Waals surface area contributed by atoms with Crippen LogP contribution in [-0.4, -0.2) is 54.7 Å². The van der Waals surface area contributed by atoms with Crippen LogP contribution in [-0.2, 0) is 4.79 Å². The Kier molecular flexibility index (Phi) is 3.70. The molecule has 1 fully saturated rings. The lowest BCUT2D eigenvalue weighted by atomic mass is 10.2. The fourth-order valence-electron chi connectivity index (χ4n) is 1.43. The molecule has 2 amide bonds. The van der Waals surface area contributed by atoms with Crippen LogP contribution < -0.4 is 10.6 Å². The molecule has 0 bridgehead atoms. The number of likely N-dealkylation sites (N-methyl/N-ethyl adjacent to an activating group) is 1. The van der Waals surface area contributed by atoms with Gasteiger partial charge in [0.25, 0.3) is 0 Å². The topological polar surface area (TPSA) is 81.7 Å². The van der Waals surface area contributed by atoms with Crippen LogP contribution in [0.3, 0.4) is 0 Å². The van der Waals surface area contributed by atoms with Crippen LogP contribution >= 0.6 is 0 Å². The van der Waals surface area contributed by atoms with Gasteiger partial charge < -0.3 is 15.7 Å². The van der Waals surface area contributed by atoms with Gasteiger partial charge in [-0.25, -0.2) is 4.79 Å². The number of rotatable bonds is 2. The van der Waals surface area contributed by atoms with Gasteiger partial charge in [-0.3, -0.25) is 9.69 Å². The van der Waals surface area contributed by atoms with Crippen molar-refractivity contribution in [1.29, 1.82) is 0 Å². The fraction of sp³-hybridized carbons (Fsp3) is 0.750. The lowest BCUT2D eigenvalue weighted by Gasteiger charge is -2.23. The van der Waals surface area contributed by atoms with Crippen molar-refractivity contribution in [2.75, 3.05) is 26.7 Å². The Hall–Kier alpha value is -1.30. The molecule has 0 aromatic heterocycles. The number of carbonyl (C=O) groups is 2. The van der Waals surface area contributed by atoms with Gasteiger partial charge in [-0.15, -0.1) is 0 Å². The molecule has 1 unspecified atom stereocenters. The first-order chi connectivity index (χ1) is 6.59. The molecule has 0 aliphatic carbocycles. The first-order valence-electron chi connectivity index (χ1n) is 4.53. The Morgan fingerprint density at radius 2 is 2.50 bits per heavy atom. The minimum Gasteiger partial charge on any atom is -0.465 e. The van der Waals surface area contributed by atoms with Crippen molar-refractivity contribution < 1.29 is 14.7 Å². The number of amides is 2. The second-order valence-corrected chi connectivity index (χ2v) is 3.37. The van der Waals surface area contributed by atoms with Gasteiger partial charge in [0.1, 0.15) is 0 Å². The van der Waals surface area contributed by atoms with E-state index in [1.807, 2.05) is 11.9 Å². The molecule has 0 saturated carbocycles. The third-order valence-electron chi connectivity index (χ3n) is 2.32. The first kappa shape index (κ1) is 10.8. The van der Waals surface area contributed by atoms with Gasteiger partial charge in [0.2, 0.25) is 5.91 Å². The number of carbonyl (C=O) groups excluding carboxylic acids is 1. The van der Waals surface area contributed by atoms with Gasteiger partial charge in [0.05, 0.1) is 0 Å². The molecule has 1 aliphatic rings. The smallest absolute Gasteiger partial charge is 0.404 e. The Morgan fingerprint density at radius 1 is 1.79 bits per heavy atom. The SMILES string of the molecule is CN1CCNC(=O)CC1CNC(=O)O. The highest BCUT2D eigenvalue weighted by Crippen LogP contribution is 2.03. The third kappa shape index (κ3) is 3.21. The molecule has 1 heterocycles. The maximum absolute atomic E-state index is 11.2. The highest BCUT2D eigenvalue weighted by molar-refractivity contribution is 5.77. The number of nitrogens with zero attached hydrogens (tertiary/aromatic N) is 1. The zero-order valence-corrected chi connectivity index (χ0v) is 8.12. The van der Waals surface area contributed by atoms with Crippen molar-refractivity contribution in [2.24, 2.45) is 0 Å². The number of nitrogens with one attached hydrogen (secondary N) is 2. The second-order valence-electron chi connectivity index (χ2n) is 3.37. The fourth-order valence-corrected chi connectivity index (χ4v) is 1.43. The average molecular weight is 201 g/mol. The van der Waals surface area contributed by atoms with Crippen molar-refractivity contribution >= 4 is 12.0 Å². The standard InChI is InChI=1S/C8H15N3O3/c1-11-3-2-9-7(12)4-6(11)5-10-8(13)14/h6,10H,2-5H2,1H3,(H,9,12)(H,13,14). The van der Waals surface area contributed by atoms with Gasteiger partial charge in [-0.05, 0) is 7.05 Å². The third-order valence-corrected chi connectivity index (χ3v) is 2.32. The summed E-state index contributed by atoms with van der Waals surface area (Å²) >= 11 is 0. The summed E-state index contributed by atoms with van der Waals surface area (Å²) in [6.45, 7) is 1.66. The predicted octanol–water partition coefficient (Wildman–Crippen LogP) is -0.926. The molecule has 80 valence electrons. The van der Waals surface area contributed by atoms with Gasteiger partial charge in [0.15, 0.2) is 0 Å². The molecular formula is C8H15N3O3. The van der Waals surface area contributed by atoms with E-state index in [9.17, 15) is 9.59 Å². The molecule has 14 heavy (non-hydrogen) atoms. The van der Waals surface area contributed by atoms with Crippen LogP contribution in [0.2, 0.25) is 0 Å². The summed E-state index contributed by atoms with van der Waals surface area (Å²) in [5, 5.41) is 13.5. The summed E-state index contributed by atoms with van der Waals surface area (Å²) in [5.74, 6) is -0.0217. The molecule has 0 radical (unpaired) electrons. The minimum absolute atomic E-state index is 0.0217. The van der Waals surface area contributed by atoms with Crippen molar-refractivity contribution in [3.05, 3.63) is 0 Å². The lowest BCUT2D eigenvalue weighted by Crippen LogP contribution is -2.42. The van der Waals surface area contributed by atoms with Crippen LogP contribution in [0, 0.1) is 0 Å². The Labute approximate surface area is 82.3 Å². The average Bonchev–Trinajstić information content (AvgIpc) is 2.25. The van der Waals surface area contributed by atoms with E-state index in [1.165, 1.54) is 0 Å². The highest BCUT2D eigenvalue weighted by Gasteiger charge is 2.21. The van der Waals surface area contributed by atoms with Crippen molar-refractivity contribution in [2.45, 2.75) is 12.5 Å². The van der Waals surface area contributed by atoms with Crippen molar-refractivity contribution in [3.63, 3.8) is 0 Å². The quantitative estimate of drug-likeness (QED) is 0.539. The van der Waals surface area contributed by atoms with Gasteiger partial charge in [-0.2, -0.15) is 0 Å². The van der Waals surface area contributed by atoms with Gasteiger partial charge in [0, 0.05) is 32.1 Å². The van der Waals surface area contributed by atoms with E-state index in [-0.39, 0.29) is 11.9 Å². The molecule has 0 aromatic rings. The molecule has 1 rings (SSSR count). The number of hydrogen-bond donors (Lipinski definition) is 3. The van der Waals surface area contributed by atoms with E-state index >= 15 is 0 Å². The lowest BCUT2D eigenvalue weighted by molar-refractivity contribution is -0.121. The Balaban J connectivity index is 2.45. The van der Waals surface area contributed by atoms with Gasteiger partial charge >= 0.3 is 6.09 Å². The molecule has 6 nitrogen and oxygen atoms in total. The maximum Gasteiger partial charge on any atom is 0.404 e. The summed E-state index contributed by atoms with van der Waals surface area (Å²) < 4.78 is 0. The Bertz CT molecular complexity index is 232. The van der Waals surface area contributed by atoms with Crippen LogP contribution in [0.25, 0.3) is 0 Å². The van der Waals surface area contributed by atoms with Gasteiger partial charge in [-0.1, -0.05) is 0 Å². The summed E-state index contributed by atoms with van der Waals surface area (Å²) in [6.07, 6.45) is -0.709. The number of carboxylic acid groups (broad SMARTS) is 1. The first-order valence-corrected chi connectivity index (χ1v) is 4.53. The number of hydrogen-bond acceptors (Lipinski definition) is 3. The van der Waals surface area contributed by atoms with Crippen LogP contribution in [0.15, 0.2) is 0 Å². The minimum atomic E-state index is -1.05. The predicted molar refractivity (Wildman–Crippen MR) is 50.1 cm³/mol. The molecule has 3 N–H and O–H groups in total. The molecule has 6 heteroatoms. The van der Waals surface area contributed by atoms with E-state index in [4.69, 9.17) is 5.11 Å². The molecule has 1 atom stereocenters. The highest BCUT2D eigenvalue weighted by atomic mass is 16.4.